The molecule has 2 aromatic rings. The maximum Gasteiger partial charge on any atom is 0.416 e. The minimum Gasteiger partial charge on any atom is -0.508 e. The van der Waals surface area contributed by atoms with E-state index in [2.05, 4.69) is 0 Å². The van der Waals surface area contributed by atoms with Gasteiger partial charge in [0.1, 0.15) is 5.75 Å². The Morgan fingerprint density at radius 2 is 1.68 bits per heavy atom. The maximum atomic E-state index is 12.7. The number of phenolic OH excluding ortho intramolecular Hbond substituents is 1. The topological polar surface area (TPSA) is 20.2 Å². The molecule has 4 heteroatoms. The van der Waals surface area contributed by atoms with Gasteiger partial charge in [-0.2, -0.15) is 13.2 Å². The van der Waals surface area contributed by atoms with Gasteiger partial charge in [-0.3, -0.25) is 0 Å². The number of aryl methyl sites for hydroxylation is 1. The van der Waals surface area contributed by atoms with Crippen LogP contribution in [0.15, 0.2) is 36.4 Å². The first kappa shape index (κ1) is 13.5. The van der Waals surface area contributed by atoms with Gasteiger partial charge in [-0.05, 0) is 54.3 Å². The molecule has 0 aliphatic rings. The van der Waals surface area contributed by atoms with E-state index in [1.54, 1.807) is 12.1 Å². The first-order valence-corrected chi connectivity index (χ1v) is 5.77. The summed E-state index contributed by atoms with van der Waals surface area (Å²) in [5.41, 5.74) is 2.12. The number of hydrogen-bond acceptors (Lipinski definition) is 1. The van der Waals surface area contributed by atoms with Crippen LogP contribution in [0.5, 0.6) is 5.75 Å². The average Bonchev–Trinajstić information content (AvgIpc) is 2.31. The van der Waals surface area contributed by atoms with E-state index in [-0.39, 0.29) is 5.75 Å². The van der Waals surface area contributed by atoms with Crippen LogP contribution in [0.4, 0.5) is 13.2 Å². The van der Waals surface area contributed by atoms with Crippen molar-refractivity contribution in [1.29, 1.82) is 0 Å². The average molecular weight is 266 g/mol. The number of halogens is 3. The van der Waals surface area contributed by atoms with E-state index in [0.717, 1.165) is 23.3 Å². The number of aromatic hydroxyl groups is 1. The fourth-order valence-corrected chi connectivity index (χ4v) is 1.99. The van der Waals surface area contributed by atoms with E-state index < -0.39 is 11.7 Å². The Kier molecular flexibility index (Phi) is 3.27. The third-order valence-corrected chi connectivity index (χ3v) is 3.16. The summed E-state index contributed by atoms with van der Waals surface area (Å²) in [5.74, 6) is -0.384. The largest absolute Gasteiger partial charge is 0.508 e. The van der Waals surface area contributed by atoms with Crippen LogP contribution in [0.2, 0.25) is 0 Å². The number of phenols is 1. The molecule has 0 saturated carbocycles. The maximum absolute atomic E-state index is 12.7. The molecule has 0 bridgehead atoms. The van der Waals surface area contributed by atoms with Gasteiger partial charge in [0.15, 0.2) is 0 Å². The Hall–Kier alpha value is -1.97. The van der Waals surface area contributed by atoms with Crippen LogP contribution in [0.1, 0.15) is 16.7 Å². The first-order valence-electron chi connectivity index (χ1n) is 5.77. The van der Waals surface area contributed by atoms with E-state index in [4.69, 9.17) is 0 Å². The lowest BCUT2D eigenvalue weighted by Crippen LogP contribution is -2.04. The van der Waals surface area contributed by atoms with Crippen LogP contribution >= 0.6 is 0 Å². The molecule has 0 heterocycles. The van der Waals surface area contributed by atoms with Crippen molar-refractivity contribution >= 4 is 0 Å². The van der Waals surface area contributed by atoms with Gasteiger partial charge in [0, 0.05) is 0 Å². The molecular weight excluding hydrogens is 253 g/mol. The van der Waals surface area contributed by atoms with Crippen LogP contribution in [0.3, 0.4) is 0 Å². The summed E-state index contributed by atoms with van der Waals surface area (Å²) in [6.07, 6.45) is -4.47. The molecular formula is C15H13F3O. The highest BCUT2D eigenvalue weighted by molar-refractivity contribution is 5.70. The highest BCUT2D eigenvalue weighted by atomic mass is 19.4. The second kappa shape index (κ2) is 4.61. The molecule has 100 valence electrons. The molecule has 1 nitrogen and oxygen atoms in total. The Balaban J connectivity index is 2.63. The summed E-state index contributed by atoms with van der Waals surface area (Å²) >= 11 is 0. The first-order chi connectivity index (χ1) is 8.79. The predicted octanol–water partition coefficient (Wildman–Crippen LogP) is 4.69. The van der Waals surface area contributed by atoms with Gasteiger partial charge in [0.2, 0.25) is 0 Å². The summed E-state index contributed by atoms with van der Waals surface area (Å²) in [6.45, 7) is 3.74. The molecule has 0 aromatic heterocycles. The van der Waals surface area contributed by atoms with Gasteiger partial charge in [0.25, 0.3) is 0 Å². The molecule has 0 atom stereocenters. The molecule has 0 unspecified atom stereocenters. The Labute approximate surface area is 109 Å². The fraction of sp³-hybridized carbons (Fsp3) is 0.200. The van der Waals surface area contributed by atoms with Gasteiger partial charge >= 0.3 is 6.18 Å². The minimum atomic E-state index is -4.47. The van der Waals surface area contributed by atoms with Crippen molar-refractivity contribution in [3.05, 3.63) is 53.1 Å². The minimum absolute atomic E-state index is 0.369. The molecule has 0 amide bonds. The Morgan fingerprint density at radius 1 is 1.00 bits per heavy atom. The molecule has 0 aliphatic carbocycles. The summed E-state index contributed by atoms with van der Waals surface area (Å²) in [6, 6.07) is 8.56. The zero-order valence-electron chi connectivity index (χ0n) is 10.5. The van der Waals surface area contributed by atoms with Crippen molar-refractivity contribution in [2.24, 2.45) is 0 Å². The third kappa shape index (κ3) is 2.72. The molecule has 0 aliphatic heterocycles. The standard InChI is InChI=1S/C15H13F3O/c1-9-4-3-5-14(10(9)2)11-6-12(15(16,17)18)8-13(19)7-11/h3-8,19H,1-2H3. The highest BCUT2D eigenvalue weighted by Gasteiger charge is 2.31. The van der Waals surface area contributed by atoms with Crippen molar-refractivity contribution in [2.75, 3.05) is 0 Å². The number of rotatable bonds is 1. The number of alkyl halides is 3. The Morgan fingerprint density at radius 3 is 2.32 bits per heavy atom. The smallest absolute Gasteiger partial charge is 0.416 e. The zero-order valence-corrected chi connectivity index (χ0v) is 10.5. The quantitative estimate of drug-likeness (QED) is 0.793. The van der Waals surface area contributed by atoms with Crippen LogP contribution in [-0.4, -0.2) is 5.11 Å². The summed E-state index contributed by atoms with van der Waals surface area (Å²) in [5, 5.41) is 9.48. The van der Waals surface area contributed by atoms with E-state index in [0.29, 0.717) is 11.1 Å². The summed E-state index contributed by atoms with van der Waals surface area (Å²) < 4.78 is 38.2. The van der Waals surface area contributed by atoms with Crippen LogP contribution in [0.25, 0.3) is 11.1 Å². The molecule has 19 heavy (non-hydrogen) atoms. The lowest BCUT2D eigenvalue weighted by molar-refractivity contribution is -0.137. The molecule has 0 radical (unpaired) electrons. The van der Waals surface area contributed by atoms with Crippen LogP contribution < -0.4 is 0 Å². The third-order valence-electron chi connectivity index (χ3n) is 3.16. The fourth-order valence-electron chi connectivity index (χ4n) is 1.99. The van der Waals surface area contributed by atoms with Gasteiger partial charge in [-0.25, -0.2) is 0 Å². The van der Waals surface area contributed by atoms with E-state index in [1.165, 1.54) is 6.07 Å². The summed E-state index contributed by atoms with van der Waals surface area (Å²) in [7, 11) is 0. The van der Waals surface area contributed by atoms with Crippen molar-refractivity contribution < 1.29 is 18.3 Å². The van der Waals surface area contributed by atoms with Crippen molar-refractivity contribution in [2.45, 2.75) is 20.0 Å². The number of hydrogen-bond donors (Lipinski definition) is 1. The number of benzene rings is 2. The second-order valence-corrected chi connectivity index (χ2v) is 4.51. The van der Waals surface area contributed by atoms with Crippen molar-refractivity contribution in [3.8, 4) is 16.9 Å². The van der Waals surface area contributed by atoms with Gasteiger partial charge < -0.3 is 5.11 Å². The highest BCUT2D eigenvalue weighted by Crippen LogP contribution is 2.36. The van der Waals surface area contributed by atoms with E-state index in [1.807, 2.05) is 19.9 Å². The monoisotopic (exact) mass is 266 g/mol. The van der Waals surface area contributed by atoms with Gasteiger partial charge in [-0.15, -0.1) is 0 Å². The second-order valence-electron chi connectivity index (χ2n) is 4.51. The normalized spacial score (nSPS) is 11.6. The van der Waals surface area contributed by atoms with E-state index >= 15 is 0 Å². The zero-order chi connectivity index (χ0) is 14.2. The van der Waals surface area contributed by atoms with Gasteiger partial charge in [0.05, 0.1) is 5.56 Å². The van der Waals surface area contributed by atoms with Gasteiger partial charge in [-0.1, -0.05) is 18.2 Å². The molecule has 1 N–H and O–H groups in total. The molecule has 0 spiro atoms. The van der Waals surface area contributed by atoms with Crippen LogP contribution in [0, 0.1) is 13.8 Å². The van der Waals surface area contributed by atoms with Crippen molar-refractivity contribution in [1.82, 2.24) is 0 Å². The lowest BCUT2D eigenvalue weighted by Gasteiger charge is -2.13. The van der Waals surface area contributed by atoms with Crippen molar-refractivity contribution in [3.63, 3.8) is 0 Å². The molecule has 2 rings (SSSR count). The SMILES string of the molecule is Cc1cccc(-c2cc(O)cc(C(F)(F)F)c2)c1C. The molecule has 2 aromatic carbocycles. The predicted molar refractivity (Wildman–Crippen MR) is 68.0 cm³/mol. The van der Waals surface area contributed by atoms with E-state index in [9.17, 15) is 18.3 Å². The molecule has 0 fully saturated rings. The van der Waals surface area contributed by atoms with Crippen LogP contribution in [-0.2, 0) is 6.18 Å². The summed E-state index contributed by atoms with van der Waals surface area (Å²) in [4.78, 5) is 0. The Bertz CT molecular complexity index is 615. The lowest BCUT2D eigenvalue weighted by atomic mass is 9.95. The molecule has 0 saturated heterocycles.